The Balaban J connectivity index is 5.01. The van der Waals surface area contributed by atoms with Crippen molar-refractivity contribution in [3.63, 3.8) is 0 Å². The Hall–Kier alpha value is -1.63. The zero-order valence-corrected chi connectivity index (χ0v) is 9.42. The minimum atomic E-state index is -1.87. The zero-order chi connectivity index (χ0) is 13.6. The van der Waals surface area contributed by atoms with Gasteiger partial charge in [0.2, 0.25) is 0 Å². The summed E-state index contributed by atoms with van der Waals surface area (Å²) < 4.78 is 0. The number of carboxylic acid groups (broad SMARTS) is 3. The van der Waals surface area contributed by atoms with Crippen LogP contribution in [-0.2, 0) is 14.4 Å². The highest BCUT2D eigenvalue weighted by Crippen LogP contribution is 2.33. The molecule has 0 aliphatic carbocycles. The van der Waals surface area contributed by atoms with Crippen molar-refractivity contribution in [2.45, 2.75) is 38.7 Å². The third-order valence-electron chi connectivity index (χ3n) is 2.47. The summed E-state index contributed by atoms with van der Waals surface area (Å²) in [5.41, 5.74) is -1.87. The van der Waals surface area contributed by atoms with E-state index in [1.165, 1.54) is 6.92 Å². The molecule has 98 valence electrons. The summed E-state index contributed by atoms with van der Waals surface area (Å²) in [6.45, 7) is 1.42. The van der Waals surface area contributed by atoms with Crippen molar-refractivity contribution < 1.29 is 34.8 Å². The maximum atomic E-state index is 11.1. The van der Waals surface area contributed by atoms with Gasteiger partial charge in [0.25, 0.3) is 0 Å². The van der Waals surface area contributed by atoms with Crippen molar-refractivity contribution in [1.29, 1.82) is 0 Å². The van der Waals surface area contributed by atoms with Crippen LogP contribution in [0.25, 0.3) is 0 Å². The third kappa shape index (κ3) is 5.30. The predicted molar refractivity (Wildman–Crippen MR) is 55.5 cm³/mol. The minimum Gasteiger partial charge on any atom is -0.481 e. The van der Waals surface area contributed by atoms with Crippen molar-refractivity contribution in [3.05, 3.63) is 0 Å². The van der Waals surface area contributed by atoms with E-state index >= 15 is 0 Å². The highest BCUT2D eigenvalue weighted by molar-refractivity contribution is 5.85. The molecule has 0 heterocycles. The number of aliphatic hydroxyl groups excluding tert-OH is 1. The summed E-state index contributed by atoms with van der Waals surface area (Å²) in [6, 6.07) is 0. The number of aliphatic hydroxyl groups is 1. The fraction of sp³-hybridized carbons (Fsp3) is 0.700. The molecule has 1 atom stereocenters. The molecule has 0 spiro atoms. The Kier molecular flexibility index (Phi) is 5.60. The first kappa shape index (κ1) is 15.4. The Labute approximate surface area is 97.7 Å². The third-order valence-corrected chi connectivity index (χ3v) is 2.47. The molecule has 4 N–H and O–H groups in total. The van der Waals surface area contributed by atoms with Gasteiger partial charge in [0.05, 0.1) is 24.4 Å². The number of hydrogen-bond donors (Lipinski definition) is 4. The topological polar surface area (TPSA) is 132 Å². The van der Waals surface area contributed by atoms with E-state index in [-0.39, 0.29) is 12.8 Å². The van der Waals surface area contributed by atoms with Gasteiger partial charge in [-0.25, -0.2) is 0 Å². The van der Waals surface area contributed by atoms with Crippen molar-refractivity contribution in [2.75, 3.05) is 0 Å². The molecule has 0 amide bonds. The van der Waals surface area contributed by atoms with E-state index in [1.54, 1.807) is 0 Å². The maximum absolute atomic E-state index is 11.1. The lowest BCUT2D eigenvalue weighted by Gasteiger charge is -2.26. The van der Waals surface area contributed by atoms with E-state index in [0.29, 0.717) is 0 Å². The summed E-state index contributed by atoms with van der Waals surface area (Å²) in [5, 5.41) is 35.4. The average Bonchev–Trinajstić information content (AvgIpc) is 2.11. The lowest BCUT2D eigenvalue weighted by Crippen LogP contribution is -2.36. The Bertz CT molecular complexity index is 292. The second kappa shape index (κ2) is 6.19. The molecule has 0 saturated carbocycles. The van der Waals surface area contributed by atoms with Crippen LogP contribution in [-0.4, -0.2) is 44.4 Å². The van der Waals surface area contributed by atoms with Crippen LogP contribution in [0.4, 0.5) is 0 Å². The standard InChI is InChI=1S/C10H16O7/c1-6(11)2-3-10(9(16)17,4-7(12)13)5-8(14)15/h6,11H,2-5H2,1H3,(H,12,13)(H,14,15)(H,16,17). The van der Waals surface area contributed by atoms with Crippen molar-refractivity contribution in [2.24, 2.45) is 5.41 Å². The predicted octanol–water partition coefficient (Wildman–Crippen LogP) is 0.168. The van der Waals surface area contributed by atoms with Crippen LogP contribution in [0.2, 0.25) is 0 Å². The Morgan fingerprint density at radius 1 is 1.06 bits per heavy atom. The first-order valence-corrected chi connectivity index (χ1v) is 5.04. The number of rotatable bonds is 8. The summed E-state index contributed by atoms with van der Waals surface area (Å²) in [4.78, 5) is 32.4. The number of hydrogen-bond acceptors (Lipinski definition) is 4. The normalized spacial score (nSPS) is 13.1. The molecule has 0 aromatic heterocycles. The van der Waals surface area contributed by atoms with Crippen molar-refractivity contribution >= 4 is 17.9 Å². The van der Waals surface area contributed by atoms with Crippen LogP contribution in [0.15, 0.2) is 0 Å². The molecule has 1 unspecified atom stereocenters. The molecule has 0 fully saturated rings. The van der Waals surface area contributed by atoms with Crippen LogP contribution in [0, 0.1) is 5.41 Å². The average molecular weight is 248 g/mol. The quantitative estimate of drug-likeness (QED) is 0.481. The summed E-state index contributed by atoms with van der Waals surface area (Å²) in [7, 11) is 0. The maximum Gasteiger partial charge on any atom is 0.310 e. The lowest BCUT2D eigenvalue weighted by molar-refractivity contribution is -0.161. The fourth-order valence-electron chi connectivity index (χ4n) is 1.56. The Morgan fingerprint density at radius 3 is 1.71 bits per heavy atom. The molecule has 17 heavy (non-hydrogen) atoms. The second-order valence-electron chi connectivity index (χ2n) is 4.11. The van der Waals surface area contributed by atoms with E-state index in [1.807, 2.05) is 0 Å². The van der Waals surface area contributed by atoms with Crippen LogP contribution in [0.5, 0.6) is 0 Å². The molecular formula is C10H16O7. The monoisotopic (exact) mass is 248 g/mol. The SMILES string of the molecule is CC(O)CCC(CC(=O)O)(CC(=O)O)C(=O)O. The number of aliphatic carboxylic acids is 3. The van der Waals surface area contributed by atoms with Gasteiger partial charge < -0.3 is 20.4 Å². The summed E-state index contributed by atoms with van der Waals surface area (Å²) in [5.74, 6) is -4.22. The molecule has 0 rings (SSSR count). The summed E-state index contributed by atoms with van der Waals surface area (Å²) >= 11 is 0. The number of carbonyl (C=O) groups is 3. The van der Waals surface area contributed by atoms with Crippen LogP contribution in [0.3, 0.4) is 0 Å². The molecule has 0 aromatic carbocycles. The highest BCUT2D eigenvalue weighted by Gasteiger charge is 2.42. The van der Waals surface area contributed by atoms with Crippen LogP contribution < -0.4 is 0 Å². The van der Waals surface area contributed by atoms with E-state index < -0.39 is 42.3 Å². The minimum absolute atomic E-state index is 0.0346. The zero-order valence-electron chi connectivity index (χ0n) is 9.42. The molecule has 0 saturated heterocycles. The van der Waals surface area contributed by atoms with Crippen molar-refractivity contribution in [3.8, 4) is 0 Å². The van der Waals surface area contributed by atoms with Gasteiger partial charge in [-0.05, 0) is 19.8 Å². The van der Waals surface area contributed by atoms with Gasteiger partial charge in [0.15, 0.2) is 0 Å². The summed E-state index contributed by atoms with van der Waals surface area (Å²) in [6.07, 6.45) is -2.52. The van der Waals surface area contributed by atoms with Gasteiger partial charge >= 0.3 is 17.9 Å². The molecule has 0 bridgehead atoms. The van der Waals surface area contributed by atoms with Gasteiger partial charge in [0.1, 0.15) is 0 Å². The molecule has 7 nitrogen and oxygen atoms in total. The first-order valence-electron chi connectivity index (χ1n) is 5.04. The van der Waals surface area contributed by atoms with Crippen molar-refractivity contribution in [1.82, 2.24) is 0 Å². The molecule has 7 heteroatoms. The molecular weight excluding hydrogens is 232 g/mol. The fourth-order valence-corrected chi connectivity index (χ4v) is 1.56. The van der Waals surface area contributed by atoms with Crippen LogP contribution >= 0.6 is 0 Å². The molecule has 0 aliphatic rings. The van der Waals surface area contributed by atoms with Gasteiger partial charge in [-0.1, -0.05) is 0 Å². The molecule has 0 aliphatic heterocycles. The lowest BCUT2D eigenvalue weighted by atomic mass is 9.76. The van der Waals surface area contributed by atoms with Gasteiger partial charge in [-0.2, -0.15) is 0 Å². The van der Waals surface area contributed by atoms with E-state index in [9.17, 15) is 14.4 Å². The largest absolute Gasteiger partial charge is 0.481 e. The number of carboxylic acids is 3. The smallest absolute Gasteiger partial charge is 0.310 e. The molecule has 0 radical (unpaired) electrons. The first-order chi connectivity index (χ1) is 7.69. The highest BCUT2D eigenvalue weighted by atomic mass is 16.4. The van der Waals surface area contributed by atoms with E-state index in [2.05, 4.69) is 0 Å². The van der Waals surface area contributed by atoms with E-state index in [0.717, 1.165) is 0 Å². The van der Waals surface area contributed by atoms with Gasteiger partial charge in [-0.15, -0.1) is 0 Å². The second-order valence-corrected chi connectivity index (χ2v) is 4.11. The Morgan fingerprint density at radius 2 is 1.47 bits per heavy atom. The molecule has 0 aromatic rings. The van der Waals surface area contributed by atoms with Crippen LogP contribution in [0.1, 0.15) is 32.6 Å². The van der Waals surface area contributed by atoms with Gasteiger partial charge in [0, 0.05) is 0 Å². The van der Waals surface area contributed by atoms with Gasteiger partial charge in [-0.3, -0.25) is 14.4 Å². The van der Waals surface area contributed by atoms with E-state index in [4.69, 9.17) is 20.4 Å².